The molecule has 0 aliphatic rings. The van der Waals surface area contributed by atoms with E-state index in [1.165, 1.54) is 0 Å². The second-order valence-corrected chi connectivity index (χ2v) is 7.39. The molecule has 0 unspecified atom stereocenters. The van der Waals surface area contributed by atoms with Crippen molar-refractivity contribution in [2.45, 2.75) is 6.92 Å². The lowest BCUT2D eigenvalue weighted by atomic mass is 10.1. The first-order chi connectivity index (χ1) is 15.3. The molecule has 0 atom stereocenters. The van der Waals surface area contributed by atoms with Crippen molar-refractivity contribution in [3.05, 3.63) is 94.0 Å². The van der Waals surface area contributed by atoms with Gasteiger partial charge in [-0.05, 0) is 85.3 Å². The van der Waals surface area contributed by atoms with Gasteiger partial charge in [-0.3, -0.25) is 9.59 Å². The van der Waals surface area contributed by atoms with E-state index in [0.717, 1.165) is 0 Å². The highest BCUT2D eigenvalue weighted by Gasteiger charge is 2.13. The minimum absolute atomic E-state index is 0.341. The van der Waals surface area contributed by atoms with Gasteiger partial charge in [0.05, 0.1) is 11.3 Å². The van der Waals surface area contributed by atoms with Gasteiger partial charge in [-0.25, -0.2) is 10.2 Å². The second kappa shape index (κ2) is 10.6. The Hall–Kier alpha value is -3.68. The van der Waals surface area contributed by atoms with E-state index in [0.29, 0.717) is 38.3 Å². The maximum Gasteiger partial charge on any atom is 0.343 e. The lowest BCUT2D eigenvalue weighted by Crippen LogP contribution is -2.32. The number of esters is 1. The predicted molar refractivity (Wildman–Crippen MR) is 123 cm³/mol. The lowest BCUT2D eigenvalue weighted by molar-refractivity contribution is -0.136. The van der Waals surface area contributed by atoms with Gasteiger partial charge >= 0.3 is 17.8 Å². The van der Waals surface area contributed by atoms with E-state index in [9.17, 15) is 14.4 Å². The van der Waals surface area contributed by atoms with Crippen LogP contribution in [-0.4, -0.2) is 23.5 Å². The molecule has 3 aromatic carbocycles. The predicted octanol–water partition coefficient (Wildman–Crippen LogP) is 4.69. The number of hydrazone groups is 1. The maximum atomic E-state index is 12.2. The van der Waals surface area contributed by atoms with Crippen molar-refractivity contribution >= 4 is 52.4 Å². The van der Waals surface area contributed by atoms with Crippen molar-refractivity contribution in [2.24, 2.45) is 5.10 Å². The quantitative estimate of drug-likeness (QED) is 0.186. The highest BCUT2D eigenvalue weighted by atomic mass is 35.5. The Kier molecular flexibility index (Phi) is 7.59. The van der Waals surface area contributed by atoms with Crippen molar-refractivity contribution < 1.29 is 19.1 Å². The molecule has 0 saturated carbocycles. The largest absolute Gasteiger partial charge is 0.423 e. The van der Waals surface area contributed by atoms with Gasteiger partial charge in [0, 0.05) is 15.7 Å². The summed E-state index contributed by atoms with van der Waals surface area (Å²) in [5.74, 6) is -1.97. The molecule has 162 valence electrons. The first-order valence-electron chi connectivity index (χ1n) is 9.31. The summed E-state index contributed by atoms with van der Waals surface area (Å²) in [5, 5.41) is 7.41. The lowest BCUT2D eigenvalue weighted by Gasteiger charge is -2.07. The van der Waals surface area contributed by atoms with Crippen LogP contribution in [0.2, 0.25) is 10.0 Å². The van der Waals surface area contributed by atoms with Crippen LogP contribution in [0.4, 0.5) is 5.69 Å². The molecule has 2 amide bonds. The van der Waals surface area contributed by atoms with Crippen LogP contribution in [0.25, 0.3) is 0 Å². The van der Waals surface area contributed by atoms with Crippen LogP contribution in [0, 0.1) is 0 Å². The van der Waals surface area contributed by atoms with E-state index in [2.05, 4.69) is 15.8 Å². The summed E-state index contributed by atoms with van der Waals surface area (Å²) in [5.41, 5.74) is 4.11. The number of amides is 2. The van der Waals surface area contributed by atoms with Crippen LogP contribution >= 0.6 is 23.2 Å². The van der Waals surface area contributed by atoms with Gasteiger partial charge < -0.3 is 10.1 Å². The van der Waals surface area contributed by atoms with Gasteiger partial charge in [-0.1, -0.05) is 23.2 Å². The molecular weight excluding hydrogens is 453 g/mol. The summed E-state index contributed by atoms with van der Waals surface area (Å²) in [7, 11) is 0. The van der Waals surface area contributed by atoms with Gasteiger partial charge in [0.1, 0.15) is 5.75 Å². The standard InChI is InChI=1S/C23H17Cl2N3O4/c1-14(27-28-22(30)21(29)26-19-10-8-18(25)9-11-19)15-4-12-20(13-5-15)32-23(31)16-2-6-17(24)7-3-16/h2-13H,1H3,(H,26,29)(H,28,30). The number of ether oxygens (including phenoxy) is 1. The van der Waals surface area contributed by atoms with Crippen molar-refractivity contribution in [2.75, 3.05) is 5.32 Å². The molecule has 2 N–H and O–H groups in total. The fraction of sp³-hybridized carbons (Fsp3) is 0.0435. The number of halogens is 2. The summed E-state index contributed by atoms with van der Waals surface area (Å²) in [6.45, 7) is 1.66. The highest BCUT2D eigenvalue weighted by Crippen LogP contribution is 2.16. The number of benzene rings is 3. The molecule has 0 saturated heterocycles. The summed E-state index contributed by atoms with van der Waals surface area (Å²) < 4.78 is 5.32. The zero-order valence-electron chi connectivity index (χ0n) is 16.8. The molecule has 3 aromatic rings. The molecule has 0 fully saturated rings. The number of nitrogens with one attached hydrogen (secondary N) is 2. The average molecular weight is 470 g/mol. The normalized spacial score (nSPS) is 10.9. The zero-order chi connectivity index (χ0) is 23.1. The molecule has 7 nitrogen and oxygen atoms in total. The van der Waals surface area contributed by atoms with Gasteiger partial charge in [-0.2, -0.15) is 5.10 Å². The molecule has 0 spiro atoms. The van der Waals surface area contributed by atoms with Crippen LogP contribution < -0.4 is 15.5 Å². The maximum absolute atomic E-state index is 12.2. The molecule has 0 aliphatic carbocycles. The molecule has 32 heavy (non-hydrogen) atoms. The number of nitrogens with zero attached hydrogens (tertiary/aromatic N) is 1. The van der Waals surface area contributed by atoms with Gasteiger partial charge in [0.15, 0.2) is 0 Å². The molecule has 0 aromatic heterocycles. The number of carbonyl (C=O) groups is 3. The molecular formula is C23H17Cl2N3O4. The SMILES string of the molecule is CC(=NNC(=O)C(=O)Nc1ccc(Cl)cc1)c1ccc(OC(=O)c2ccc(Cl)cc2)cc1. The number of hydrogen-bond acceptors (Lipinski definition) is 5. The van der Waals surface area contributed by atoms with E-state index in [1.54, 1.807) is 79.7 Å². The second-order valence-electron chi connectivity index (χ2n) is 6.52. The number of rotatable bonds is 5. The van der Waals surface area contributed by atoms with E-state index in [4.69, 9.17) is 27.9 Å². The zero-order valence-corrected chi connectivity index (χ0v) is 18.3. The van der Waals surface area contributed by atoms with E-state index in [1.807, 2.05) is 0 Å². The van der Waals surface area contributed by atoms with Crippen molar-refractivity contribution in [1.29, 1.82) is 0 Å². The molecule has 3 rings (SSSR count). The van der Waals surface area contributed by atoms with Gasteiger partial charge in [0.2, 0.25) is 0 Å². The third-order valence-corrected chi connectivity index (χ3v) is 4.70. The highest BCUT2D eigenvalue weighted by molar-refractivity contribution is 6.39. The van der Waals surface area contributed by atoms with Gasteiger partial charge in [-0.15, -0.1) is 0 Å². The molecule has 0 heterocycles. The number of hydrogen-bond donors (Lipinski definition) is 2. The molecule has 0 bridgehead atoms. The Morgan fingerprint density at radius 2 is 1.28 bits per heavy atom. The first kappa shape index (κ1) is 23.0. The average Bonchev–Trinajstić information content (AvgIpc) is 2.79. The third kappa shape index (κ3) is 6.41. The summed E-state index contributed by atoms with van der Waals surface area (Å²) in [6, 6.07) is 19.2. The summed E-state index contributed by atoms with van der Waals surface area (Å²) >= 11 is 11.6. The Labute approximate surface area is 194 Å². The fourth-order valence-corrected chi connectivity index (χ4v) is 2.74. The molecule has 0 aliphatic heterocycles. The van der Waals surface area contributed by atoms with E-state index >= 15 is 0 Å². The van der Waals surface area contributed by atoms with Crippen LogP contribution in [0.15, 0.2) is 77.9 Å². The van der Waals surface area contributed by atoms with Crippen LogP contribution in [-0.2, 0) is 9.59 Å². The number of carbonyl (C=O) groups excluding carboxylic acids is 3. The van der Waals surface area contributed by atoms with Crippen LogP contribution in [0.1, 0.15) is 22.8 Å². The summed E-state index contributed by atoms with van der Waals surface area (Å²) in [6.07, 6.45) is 0. The summed E-state index contributed by atoms with van der Waals surface area (Å²) in [4.78, 5) is 36.1. The van der Waals surface area contributed by atoms with E-state index < -0.39 is 17.8 Å². The van der Waals surface area contributed by atoms with Crippen molar-refractivity contribution in [1.82, 2.24) is 5.43 Å². The number of anilines is 1. The fourth-order valence-electron chi connectivity index (χ4n) is 2.49. The van der Waals surface area contributed by atoms with E-state index in [-0.39, 0.29) is 0 Å². The first-order valence-corrected chi connectivity index (χ1v) is 10.1. The van der Waals surface area contributed by atoms with Crippen LogP contribution in [0.5, 0.6) is 5.75 Å². The Morgan fingerprint density at radius 3 is 1.88 bits per heavy atom. The van der Waals surface area contributed by atoms with Crippen LogP contribution in [0.3, 0.4) is 0 Å². The molecule has 9 heteroatoms. The Morgan fingerprint density at radius 1 is 0.750 bits per heavy atom. The smallest absolute Gasteiger partial charge is 0.343 e. The van der Waals surface area contributed by atoms with Gasteiger partial charge in [0.25, 0.3) is 0 Å². The minimum atomic E-state index is -0.923. The minimum Gasteiger partial charge on any atom is -0.423 e. The molecule has 0 radical (unpaired) electrons. The topological polar surface area (TPSA) is 96.9 Å². The third-order valence-electron chi connectivity index (χ3n) is 4.20. The monoisotopic (exact) mass is 469 g/mol. The van der Waals surface area contributed by atoms with Crippen molar-refractivity contribution in [3.8, 4) is 5.75 Å². The Bertz CT molecular complexity index is 1160. The Balaban J connectivity index is 1.56. The van der Waals surface area contributed by atoms with Crippen molar-refractivity contribution in [3.63, 3.8) is 0 Å².